The van der Waals surface area contributed by atoms with E-state index < -0.39 is 0 Å². The van der Waals surface area contributed by atoms with Crippen LogP contribution in [0.2, 0.25) is 0 Å². The molecule has 0 radical (unpaired) electrons. The molecule has 5 nitrogen and oxygen atoms in total. The van der Waals surface area contributed by atoms with E-state index in [0.717, 1.165) is 35.5 Å². The SMILES string of the molecule is CSCc1nc2ccccc2n1CC(=O)N(CCO)C1CC1. The number of carbonyl (C=O) groups excluding carboxylic acids is 1. The van der Waals surface area contributed by atoms with E-state index in [0.29, 0.717) is 19.1 Å². The largest absolute Gasteiger partial charge is 0.395 e. The molecule has 0 spiro atoms. The summed E-state index contributed by atoms with van der Waals surface area (Å²) >= 11 is 1.70. The first-order valence-corrected chi connectivity index (χ1v) is 8.97. The molecule has 0 bridgehead atoms. The van der Waals surface area contributed by atoms with Gasteiger partial charge in [-0.05, 0) is 31.2 Å². The topological polar surface area (TPSA) is 58.4 Å². The molecule has 1 heterocycles. The number of aromatic nitrogens is 2. The van der Waals surface area contributed by atoms with E-state index in [1.54, 1.807) is 11.8 Å². The van der Waals surface area contributed by atoms with Crippen LogP contribution in [0, 0.1) is 0 Å². The Kier molecular flexibility index (Phi) is 4.69. The highest BCUT2D eigenvalue weighted by atomic mass is 32.2. The molecule has 118 valence electrons. The normalized spacial score (nSPS) is 14.5. The Hall–Kier alpha value is -1.53. The van der Waals surface area contributed by atoms with E-state index in [4.69, 9.17) is 0 Å². The van der Waals surface area contributed by atoms with Crippen molar-refractivity contribution in [3.8, 4) is 0 Å². The van der Waals surface area contributed by atoms with Crippen molar-refractivity contribution in [1.29, 1.82) is 0 Å². The molecule has 6 heteroatoms. The zero-order valence-electron chi connectivity index (χ0n) is 12.7. The fraction of sp³-hybridized carbons (Fsp3) is 0.500. The van der Waals surface area contributed by atoms with E-state index in [9.17, 15) is 9.90 Å². The quantitative estimate of drug-likeness (QED) is 0.846. The van der Waals surface area contributed by atoms with Gasteiger partial charge in [0.25, 0.3) is 0 Å². The lowest BCUT2D eigenvalue weighted by atomic mass is 10.3. The van der Waals surface area contributed by atoms with E-state index in [2.05, 4.69) is 4.98 Å². The first-order valence-electron chi connectivity index (χ1n) is 7.58. The van der Waals surface area contributed by atoms with Gasteiger partial charge in [0.05, 0.1) is 23.4 Å². The van der Waals surface area contributed by atoms with Crippen molar-refractivity contribution in [2.24, 2.45) is 0 Å². The molecule has 1 aromatic heterocycles. The second kappa shape index (κ2) is 6.71. The van der Waals surface area contributed by atoms with Crippen LogP contribution in [-0.2, 0) is 17.1 Å². The Balaban J connectivity index is 1.88. The van der Waals surface area contributed by atoms with Gasteiger partial charge >= 0.3 is 0 Å². The van der Waals surface area contributed by atoms with E-state index in [1.165, 1.54) is 0 Å². The molecule has 1 aromatic carbocycles. The van der Waals surface area contributed by atoms with Gasteiger partial charge in [-0.2, -0.15) is 11.8 Å². The van der Waals surface area contributed by atoms with Crippen molar-refractivity contribution in [2.45, 2.75) is 31.2 Å². The number of amides is 1. The van der Waals surface area contributed by atoms with Crippen molar-refractivity contribution in [3.63, 3.8) is 0 Å². The highest BCUT2D eigenvalue weighted by molar-refractivity contribution is 7.97. The summed E-state index contributed by atoms with van der Waals surface area (Å²) < 4.78 is 2.01. The number of imidazole rings is 1. The van der Waals surface area contributed by atoms with Crippen molar-refractivity contribution < 1.29 is 9.90 Å². The van der Waals surface area contributed by atoms with Crippen molar-refractivity contribution >= 4 is 28.7 Å². The fourth-order valence-corrected chi connectivity index (χ4v) is 3.25. The van der Waals surface area contributed by atoms with Crippen molar-refractivity contribution in [3.05, 3.63) is 30.1 Å². The summed E-state index contributed by atoms with van der Waals surface area (Å²) in [4.78, 5) is 19.1. The minimum absolute atomic E-state index is 0.0184. The summed E-state index contributed by atoms with van der Waals surface area (Å²) in [6, 6.07) is 8.24. The van der Waals surface area contributed by atoms with Crippen LogP contribution < -0.4 is 0 Å². The molecule has 0 aliphatic heterocycles. The van der Waals surface area contributed by atoms with Gasteiger partial charge in [0.15, 0.2) is 0 Å². The zero-order chi connectivity index (χ0) is 15.5. The number of hydrogen-bond acceptors (Lipinski definition) is 4. The number of thioether (sulfide) groups is 1. The standard InChI is InChI=1S/C16H21N3O2S/c1-22-11-15-17-13-4-2-3-5-14(13)19(15)10-16(21)18(8-9-20)12-6-7-12/h2-5,12,20H,6-11H2,1H3. The Morgan fingerprint density at radius 1 is 1.45 bits per heavy atom. The summed E-state index contributed by atoms with van der Waals surface area (Å²) in [7, 11) is 0. The number of benzene rings is 1. The molecule has 22 heavy (non-hydrogen) atoms. The zero-order valence-corrected chi connectivity index (χ0v) is 13.6. The number of carbonyl (C=O) groups is 1. The Morgan fingerprint density at radius 3 is 2.91 bits per heavy atom. The van der Waals surface area contributed by atoms with Crippen molar-refractivity contribution in [2.75, 3.05) is 19.4 Å². The number of fused-ring (bicyclic) bond motifs is 1. The number of aliphatic hydroxyl groups is 1. The third kappa shape index (κ3) is 3.13. The second-order valence-electron chi connectivity index (χ2n) is 5.58. The Bertz CT molecular complexity index is 666. The molecule has 1 fully saturated rings. The van der Waals surface area contributed by atoms with Gasteiger partial charge < -0.3 is 14.6 Å². The Labute approximate surface area is 134 Å². The third-order valence-electron chi connectivity index (χ3n) is 3.95. The number of hydrogen-bond donors (Lipinski definition) is 1. The van der Waals surface area contributed by atoms with Crippen LogP contribution in [0.25, 0.3) is 11.0 Å². The maximum atomic E-state index is 12.6. The van der Waals surface area contributed by atoms with Gasteiger partial charge in [-0.3, -0.25) is 4.79 Å². The molecule has 1 aliphatic rings. The first kappa shape index (κ1) is 15.4. The number of nitrogens with zero attached hydrogens (tertiary/aromatic N) is 3. The van der Waals surface area contributed by atoms with Gasteiger partial charge in [-0.25, -0.2) is 4.98 Å². The molecule has 1 aliphatic carbocycles. The summed E-state index contributed by atoms with van der Waals surface area (Å²) in [6.45, 7) is 0.742. The summed E-state index contributed by atoms with van der Waals surface area (Å²) in [6.07, 6.45) is 4.13. The van der Waals surface area contributed by atoms with E-state index in [-0.39, 0.29) is 12.5 Å². The summed E-state index contributed by atoms with van der Waals surface area (Å²) in [5, 5.41) is 9.18. The molecule has 1 amide bonds. The molecule has 3 rings (SSSR count). The monoisotopic (exact) mass is 319 g/mol. The lowest BCUT2D eigenvalue weighted by molar-refractivity contribution is -0.132. The van der Waals surface area contributed by atoms with Crippen LogP contribution in [0.4, 0.5) is 0 Å². The van der Waals surface area contributed by atoms with Crippen LogP contribution >= 0.6 is 11.8 Å². The molecule has 0 saturated heterocycles. The number of rotatable bonds is 7. The smallest absolute Gasteiger partial charge is 0.242 e. The molecular weight excluding hydrogens is 298 g/mol. The minimum Gasteiger partial charge on any atom is -0.395 e. The number of aliphatic hydroxyl groups excluding tert-OH is 1. The van der Waals surface area contributed by atoms with Gasteiger partial charge in [-0.15, -0.1) is 0 Å². The number of para-hydroxylation sites is 2. The molecular formula is C16H21N3O2S. The first-order chi connectivity index (χ1) is 10.7. The van der Waals surface area contributed by atoms with Crippen LogP contribution in [0.5, 0.6) is 0 Å². The van der Waals surface area contributed by atoms with Gasteiger partial charge in [0.1, 0.15) is 12.4 Å². The van der Waals surface area contributed by atoms with Gasteiger partial charge in [0.2, 0.25) is 5.91 Å². The average Bonchev–Trinajstić information content (AvgIpc) is 3.30. The fourth-order valence-electron chi connectivity index (χ4n) is 2.77. The maximum absolute atomic E-state index is 12.6. The predicted octanol–water partition coefficient (Wildman–Crippen LogP) is 1.88. The maximum Gasteiger partial charge on any atom is 0.242 e. The molecule has 0 atom stereocenters. The summed E-state index contributed by atoms with van der Waals surface area (Å²) in [5.41, 5.74) is 1.93. The highest BCUT2D eigenvalue weighted by Crippen LogP contribution is 2.27. The lowest BCUT2D eigenvalue weighted by Gasteiger charge is -2.22. The van der Waals surface area contributed by atoms with Gasteiger partial charge in [-0.1, -0.05) is 12.1 Å². The molecule has 1 saturated carbocycles. The van der Waals surface area contributed by atoms with Crippen LogP contribution in [-0.4, -0.2) is 50.9 Å². The lowest BCUT2D eigenvalue weighted by Crippen LogP contribution is -2.38. The predicted molar refractivity (Wildman–Crippen MR) is 88.8 cm³/mol. The van der Waals surface area contributed by atoms with E-state index >= 15 is 0 Å². The Morgan fingerprint density at radius 2 is 2.23 bits per heavy atom. The molecule has 1 N–H and O–H groups in total. The van der Waals surface area contributed by atoms with Crippen LogP contribution in [0.1, 0.15) is 18.7 Å². The van der Waals surface area contributed by atoms with Crippen LogP contribution in [0.15, 0.2) is 24.3 Å². The molecule has 0 unspecified atom stereocenters. The van der Waals surface area contributed by atoms with Gasteiger partial charge in [0, 0.05) is 12.6 Å². The van der Waals surface area contributed by atoms with Crippen molar-refractivity contribution in [1.82, 2.24) is 14.5 Å². The second-order valence-corrected chi connectivity index (χ2v) is 6.44. The molecule has 2 aromatic rings. The van der Waals surface area contributed by atoms with E-state index in [1.807, 2.05) is 40.0 Å². The minimum atomic E-state index is 0.0184. The summed E-state index contributed by atoms with van der Waals surface area (Å²) in [5.74, 6) is 1.79. The third-order valence-corrected chi connectivity index (χ3v) is 4.50. The van der Waals surface area contributed by atoms with Crippen LogP contribution in [0.3, 0.4) is 0 Å². The average molecular weight is 319 g/mol. The highest BCUT2D eigenvalue weighted by Gasteiger charge is 2.32.